The Labute approximate surface area is 105 Å². The molecule has 7 heteroatoms. The van der Waals surface area contributed by atoms with Crippen molar-refractivity contribution in [3.63, 3.8) is 0 Å². The number of carbonyl (C=O) groups excluding carboxylic acids is 1. The third-order valence-corrected chi connectivity index (χ3v) is 3.07. The van der Waals surface area contributed by atoms with Crippen molar-refractivity contribution in [3.05, 3.63) is 34.0 Å². The molecule has 0 radical (unpaired) electrons. The van der Waals surface area contributed by atoms with E-state index < -0.39 is 12.1 Å². The summed E-state index contributed by atoms with van der Waals surface area (Å²) in [4.78, 5) is 12.4. The van der Waals surface area contributed by atoms with E-state index in [4.69, 9.17) is 11.6 Å². The van der Waals surface area contributed by atoms with E-state index in [1.165, 1.54) is 6.08 Å². The molecule has 2 nitrogen and oxygen atoms in total. The zero-order valence-electron chi connectivity index (χ0n) is 8.63. The molecule has 0 fully saturated rings. The molecule has 0 saturated heterocycles. The molecule has 1 aromatic heterocycles. The number of rotatable bonds is 4. The van der Waals surface area contributed by atoms with Crippen LogP contribution in [-0.2, 0) is 11.3 Å². The number of alkyl halides is 3. The SMILES string of the molecule is C=CCN(Cc1ccc(Cl)s1)C(=O)C(F)(F)F. The summed E-state index contributed by atoms with van der Waals surface area (Å²) in [5.74, 6) is -1.87. The van der Waals surface area contributed by atoms with Crippen molar-refractivity contribution >= 4 is 28.8 Å². The van der Waals surface area contributed by atoms with E-state index in [0.717, 1.165) is 11.3 Å². The lowest BCUT2D eigenvalue weighted by molar-refractivity contribution is -0.185. The zero-order valence-corrected chi connectivity index (χ0v) is 10.2. The molecule has 0 unspecified atom stereocenters. The van der Waals surface area contributed by atoms with Crippen LogP contribution < -0.4 is 0 Å². The van der Waals surface area contributed by atoms with Crippen LogP contribution in [0.3, 0.4) is 0 Å². The Balaban J connectivity index is 2.79. The van der Waals surface area contributed by atoms with Crippen LogP contribution in [0.15, 0.2) is 24.8 Å². The quantitative estimate of drug-likeness (QED) is 0.775. The molecule has 0 aliphatic heterocycles. The lowest BCUT2D eigenvalue weighted by Gasteiger charge is -2.21. The van der Waals surface area contributed by atoms with Crippen LogP contribution in [0.1, 0.15) is 4.88 Å². The number of halogens is 4. The highest BCUT2D eigenvalue weighted by molar-refractivity contribution is 7.16. The highest BCUT2D eigenvalue weighted by Crippen LogP contribution is 2.25. The average molecular weight is 284 g/mol. The molecular weight excluding hydrogens is 275 g/mol. The molecular formula is C10H9ClF3NOS. The molecule has 1 aromatic rings. The van der Waals surface area contributed by atoms with Gasteiger partial charge in [-0.25, -0.2) is 0 Å². The Hall–Kier alpha value is -1.01. The fourth-order valence-electron chi connectivity index (χ4n) is 1.18. The third kappa shape index (κ3) is 4.05. The van der Waals surface area contributed by atoms with Crippen molar-refractivity contribution in [3.8, 4) is 0 Å². The number of carbonyl (C=O) groups is 1. The van der Waals surface area contributed by atoms with Gasteiger partial charge >= 0.3 is 12.1 Å². The van der Waals surface area contributed by atoms with Gasteiger partial charge in [-0.05, 0) is 12.1 Å². The molecule has 94 valence electrons. The lowest BCUT2D eigenvalue weighted by atomic mass is 10.3. The maximum atomic E-state index is 12.3. The molecule has 1 amide bonds. The summed E-state index contributed by atoms with van der Waals surface area (Å²) in [6.07, 6.45) is -3.62. The van der Waals surface area contributed by atoms with E-state index in [2.05, 4.69) is 6.58 Å². The van der Waals surface area contributed by atoms with Crippen molar-refractivity contribution in [2.45, 2.75) is 12.7 Å². The summed E-state index contributed by atoms with van der Waals surface area (Å²) in [6, 6.07) is 3.17. The monoisotopic (exact) mass is 283 g/mol. The van der Waals surface area contributed by atoms with Crippen LogP contribution in [0.5, 0.6) is 0 Å². The van der Waals surface area contributed by atoms with Crippen LogP contribution >= 0.6 is 22.9 Å². The maximum absolute atomic E-state index is 12.3. The molecule has 17 heavy (non-hydrogen) atoms. The molecule has 0 N–H and O–H groups in total. The Morgan fingerprint density at radius 2 is 2.18 bits per heavy atom. The first kappa shape index (κ1) is 14.1. The molecule has 0 aliphatic carbocycles. The summed E-state index contributed by atoms with van der Waals surface area (Å²) in [6.45, 7) is 3.05. The van der Waals surface area contributed by atoms with Gasteiger partial charge in [0.15, 0.2) is 0 Å². The van der Waals surface area contributed by atoms with E-state index in [0.29, 0.717) is 14.1 Å². The lowest BCUT2D eigenvalue weighted by Crippen LogP contribution is -2.40. The van der Waals surface area contributed by atoms with E-state index in [1.54, 1.807) is 12.1 Å². The van der Waals surface area contributed by atoms with Gasteiger partial charge in [0.25, 0.3) is 0 Å². The van der Waals surface area contributed by atoms with E-state index in [1.807, 2.05) is 0 Å². The van der Waals surface area contributed by atoms with Crippen molar-refractivity contribution < 1.29 is 18.0 Å². The van der Waals surface area contributed by atoms with Crippen molar-refractivity contribution in [2.24, 2.45) is 0 Å². The van der Waals surface area contributed by atoms with Gasteiger partial charge in [-0.15, -0.1) is 17.9 Å². The van der Waals surface area contributed by atoms with Crippen LogP contribution in [0.2, 0.25) is 4.34 Å². The van der Waals surface area contributed by atoms with Crippen molar-refractivity contribution in [2.75, 3.05) is 6.54 Å². The molecule has 0 aromatic carbocycles. The molecule has 0 spiro atoms. The average Bonchev–Trinajstić information content (AvgIpc) is 2.61. The molecule has 0 aliphatic rings. The van der Waals surface area contributed by atoms with Crippen LogP contribution in [0.25, 0.3) is 0 Å². The van der Waals surface area contributed by atoms with E-state index in [9.17, 15) is 18.0 Å². The summed E-state index contributed by atoms with van der Waals surface area (Å²) >= 11 is 6.80. The minimum atomic E-state index is -4.87. The number of hydrogen-bond donors (Lipinski definition) is 0. The molecule has 0 atom stereocenters. The Bertz CT molecular complexity index is 416. The predicted molar refractivity (Wildman–Crippen MR) is 61.0 cm³/mol. The van der Waals surface area contributed by atoms with Gasteiger partial charge in [0, 0.05) is 11.4 Å². The van der Waals surface area contributed by atoms with E-state index in [-0.39, 0.29) is 13.1 Å². The number of thiophene rings is 1. The summed E-state index contributed by atoms with van der Waals surface area (Å²) in [7, 11) is 0. The van der Waals surface area contributed by atoms with Gasteiger partial charge in [-0.1, -0.05) is 17.7 Å². The Morgan fingerprint density at radius 1 is 1.53 bits per heavy atom. The molecule has 1 rings (SSSR count). The minimum absolute atomic E-state index is 0.123. The van der Waals surface area contributed by atoms with Gasteiger partial charge in [0.05, 0.1) is 10.9 Å². The fourth-order valence-corrected chi connectivity index (χ4v) is 2.28. The molecule has 1 heterocycles. The summed E-state index contributed by atoms with van der Waals surface area (Å²) in [5.41, 5.74) is 0. The fraction of sp³-hybridized carbons (Fsp3) is 0.300. The smallest absolute Gasteiger partial charge is 0.326 e. The zero-order chi connectivity index (χ0) is 13.1. The van der Waals surface area contributed by atoms with Crippen LogP contribution in [-0.4, -0.2) is 23.5 Å². The summed E-state index contributed by atoms with van der Waals surface area (Å²) < 4.78 is 37.3. The second-order valence-corrected chi connectivity index (χ2v) is 4.98. The summed E-state index contributed by atoms with van der Waals surface area (Å²) in [5, 5.41) is 0. The number of nitrogens with zero attached hydrogens (tertiary/aromatic N) is 1. The van der Waals surface area contributed by atoms with Crippen LogP contribution in [0.4, 0.5) is 13.2 Å². The highest BCUT2D eigenvalue weighted by Gasteiger charge is 2.42. The first-order valence-electron chi connectivity index (χ1n) is 4.56. The number of amides is 1. The van der Waals surface area contributed by atoms with Gasteiger partial charge < -0.3 is 4.90 Å². The maximum Gasteiger partial charge on any atom is 0.471 e. The minimum Gasteiger partial charge on any atom is -0.326 e. The normalized spacial score (nSPS) is 11.3. The van der Waals surface area contributed by atoms with Crippen LogP contribution in [0, 0.1) is 0 Å². The largest absolute Gasteiger partial charge is 0.471 e. The van der Waals surface area contributed by atoms with Gasteiger partial charge in [-0.3, -0.25) is 4.79 Å². The Morgan fingerprint density at radius 3 is 2.59 bits per heavy atom. The van der Waals surface area contributed by atoms with Crippen molar-refractivity contribution in [1.29, 1.82) is 0 Å². The topological polar surface area (TPSA) is 20.3 Å². The second kappa shape index (κ2) is 5.55. The van der Waals surface area contributed by atoms with Crippen molar-refractivity contribution in [1.82, 2.24) is 4.90 Å². The predicted octanol–water partition coefficient (Wildman–Crippen LogP) is 3.48. The first-order chi connectivity index (χ1) is 7.84. The van der Waals surface area contributed by atoms with Gasteiger partial charge in [0.1, 0.15) is 0 Å². The van der Waals surface area contributed by atoms with Gasteiger partial charge in [-0.2, -0.15) is 13.2 Å². The molecule has 0 bridgehead atoms. The second-order valence-electron chi connectivity index (χ2n) is 3.18. The highest BCUT2D eigenvalue weighted by atomic mass is 35.5. The molecule has 0 saturated carbocycles. The van der Waals surface area contributed by atoms with Gasteiger partial charge in [0.2, 0.25) is 0 Å². The standard InChI is InChI=1S/C10H9ClF3NOS/c1-2-5-15(9(16)10(12,13)14)6-7-3-4-8(11)17-7/h2-4H,1,5-6H2. The first-order valence-corrected chi connectivity index (χ1v) is 5.75. The Kier molecular flexibility index (Phi) is 4.59. The third-order valence-electron chi connectivity index (χ3n) is 1.85. The number of hydrogen-bond acceptors (Lipinski definition) is 2. The van der Waals surface area contributed by atoms with E-state index >= 15 is 0 Å².